The highest BCUT2D eigenvalue weighted by Gasteiger charge is 2.23. The molecule has 0 saturated heterocycles. The van der Waals surface area contributed by atoms with Crippen molar-refractivity contribution in [2.24, 2.45) is 5.14 Å². The minimum atomic E-state index is -4.55. The molecule has 0 saturated carbocycles. The van der Waals surface area contributed by atoms with Crippen LogP contribution in [-0.4, -0.2) is 18.0 Å². The van der Waals surface area contributed by atoms with Crippen LogP contribution in [0.15, 0.2) is 45.7 Å². The Morgan fingerprint density at radius 2 is 1.80 bits per heavy atom. The summed E-state index contributed by atoms with van der Waals surface area (Å²) in [6.45, 7) is 1.79. The average molecular weight is 383 g/mol. The highest BCUT2D eigenvalue weighted by atomic mass is 32.2. The van der Waals surface area contributed by atoms with E-state index >= 15 is 0 Å². The summed E-state index contributed by atoms with van der Waals surface area (Å²) in [5, 5.41) is 6.25. The molecule has 0 aliphatic carbocycles. The molecule has 2 N–H and O–H groups in total. The van der Waals surface area contributed by atoms with E-state index in [0.717, 1.165) is 29.0 Å². The van der Waals surface area contributed by atoms with Crippen molar-refractivity contribution in [3.05, 3.63) is 62.8 Å². The molecule has 6 nitrogen and oxygen atoms in total. The van der Waals surface area contributed by atoms with Crippen molar-refractivity contribution in [1.82, 2.24) is 9.55 Å². The molecular weight excluding hydrogens is 372 g/mol. The summed E-state index contributed by atoms with van der Waals surface area (Å²) in [6.07, 6.45) is 3.04. The summed E-state index contributed by atoms with van der Waals surface area (Å²) in [6, 6.07) is 3.34. The third-order valence-corrected chi connectivity index (χ3v) is 5.08. The van der Waals surface area contributed by atoms with Crippen molar-refractivity contribution in [2.75, 3.05) is 0 Å². The van der Waals surface area contributed by atoms with Gasteiger partial charge in [-0.25, -0.2) is 22.3 Å². The van der Waals surface area contributed by atoms with E-state index in [-0.39, 0.29) is 16.1 Å². The molecule has 0 aliphatic heterocycles. The fourth-order valence-corrected chi connectivity index (χ4v) is 3.82. The normalized spacial score (nSPS) is 11.7. The van der Waals surface area contributed by atoms with E-state index in [9.17, 15) is 22.0 Å². The number of hydrogen-bond donors (Lipinski definition) is 1. The number of aryl methyl sites for hydroxylation is 1. The molecule has 3 aromatic rings. The molecule has 130 valence electrons. The molecule has 2 aromatic heterocycles. The standard InChI is InChI=1S/C15H11F2N3O3S2/c1-8-2-10(6-19-5-8)20-13(7-24-15(20)21)9-3-11(16)14(12(17)4-9)25(18,22)23/h2-7H,1H3,(H2,18,22,23). The van der Waals surface area contributed by atoms with Crippen LogP contribution in [-0.2, 0) is 10.0 Å². The summed E-state index contributed by atoms with van der Waals surface area (Å²) in [5.74, 6) is -2.66. The minimum Gasteiger partial charge on any atom is -0.266 e. The Bertz CT molecular complexity index is 1110. The van der Waals surface area contributed by atoms with Crippen molar-refractivity contribution < 1.29 is 17.2 Å². The second-order valence-electron chi connectivity index (χ2n) is 5.26. The summed E-state index contributed by atoms with van der Waals surface area (Å²) in [5.41, 5.74) is 1.43. The lowest BCUT2D eigenvalue weighted by molar-refractivity contribution is 0.520. The van der Waals surface area contributed by atoms with Crippen molar-refractivity contribution >= 4 is 21.4 Å². The van der Waals surface area contributed by atoms with Crippen molar-refractivity contribution in [3.8, 4) is 16.9 Å². The number of aromatic nitrogens is 2. The van der Waals surface area contributed by atoms with Crippen LogP contribution >= 0.6 is 11.3 Å². The van der Waals surface area contributed by atoms with Gasteiger partial charge in [0.1, 0.15) is 11.6 Å². The van der Waals surface area contributed by atoms with Gasteiger partial charge in [0.25, 0.3) is 0 Å². The number of halogens is 2. The number of sulfonamides is 1. The zero-order chi connectivity index (χ0) is 18.4. The van der Waals surface area contributed by atoms with E-state index in [1.165, 1.54) is 16.1 Å². The lowest BCUT2D eigenvalue weighted by Crippen LogP contribution is -2.17. The summed E-state index contributed by atoms with van der Waals surface area (Å²) >= 11 is 0.840. The van der Waals surface area contributed by atoms with Crippen molar-refractivity contribution in [2.45, 2.75) is 11.8 Å². The molecule has 0 amide bonds. The second kappa shape index (κ2) is 6.14. The molecule has 0 spiro atoms. The van der Waals surface area contributed by atoms with Crippen LogP contribution in [0.25, 0.3) is 16.9 Å². The van der Waals surface area contributed by atoms with Gasteiger partial charge in [-0.1, -0.05) is 11.3 Å². The predicted octanol–water partition coefficient (Wildman–Crippen LogP) is 2.20. The molecule has 25 heavy (non-hydrogen) atoms. The third-order valence-electron chi connectivity index (χ3n) is 3.39. The smallest absolute Gasteiger partial charge is 0.266 e. The van der Waals surface area contributed by atoms with Crippen molar-refractivity contribution in [1.29, 1.82) is 0 Å². The number of benzene rings is 1. The molecule has 0 radical (unpaired) electrons. The largest absolute Gasteiger partial charge is 0.312 e. The van der Waals surface area contributed by atoms with Gasteiger partial charge in [0.2, 0.25) is 10.0 Å². The highest BCUT2D eigenvalue weighted by molar-refractivity contribution is 7.89. The minimum absolute atomic E-state index is 0.00209. The highest BCUT2D eigenvalue weighted by Crippen LogP contribution is 2.28. The van der Waals surface area contributed by atoms with Gasteiger partial charge in [-0.2, -0.15) is 0 Å². The van der Waals surface area contributed by atoms with E-state index in [1.54, 1.807) is 19.2 Å². The van der Waals surface area contributed by atoms with Crippen LogP contribution < -0.4 is 10.0 Å². The molecule has 3 rings (SSSR count). The molecule has 0 fully saturated rings. The first kappa shape index (κ1) is 17.4. The summed E-state index contributed by atoms with van der Waals surface area (Å²) < 4.78 is 52.0. The number of nitrogens with zero attached hydrogens (tertiary/aromatic N) is 2. The quantitative estimate of drug-likeness (QED) is 0.750. The van der Waals surface area contributed by atoms with Gasteiger partial charge in [-0.15, -0.1) is 0 Å². The lowest BCUT2D eigenvalue weighted by Gasteiger charge is -2.10. The predicted molar refractivity (Wildman–Crippen MR) is 89.2 cm³/mol. The fraction of sp³-hybridized carbons (Fsp3) is 0.0667. The maximum atomic E-state index is 14.1. The lowest BCUT2D eigenvalue weighted by atomic mass is 10.1. The Morgan fingerprint density at radius 3 is 2.36 bits per heavy atom. The Labute approximate surface area is 145 Å². The van der Waals surface area contributed by atoms with Crippen LogP contribution in [0.2, 0.25) is 0 Å². The Balaban J connectivity index is 2.25. The fourth-order valence-electron chi connectivity index (χ4n) is 2.39. The first-order valence-electron chi connectivity index (χ1n) is 6.83. The van der Waals surface area contributed by atoms with E-state index in [1.807, 2.05) is 0 Å². The number of hydrogen-bond acceptors (Lipinski definition) is 5. The monoisotopic (exact) mass is 383 g/mol. The van der Waals surface area contributed by atoms with Crippen LogP contribution in [0.3, 0.4) is 0 Å². The van der Waals surface area contributed by atoms with Gasteiger partial charge < -0.3 is 0 Å². The van der Waals surface area contributed by atoms with Gasteiger partial charge >= 0.3 is 4.87 Å². The Kier molecular flexibility index (Phi) is 4.27. The Hall–Kier alpha value is -2.43. The number of primary sulfonamides is 1. The molecule has 0 aliphatic rings. The van der Waals surface area contributed by atoms with E-state index < -0.39 is 26.6 Å². The van der Waals surface area contributed by atoms with Gasteiger partial charge in [-0.05, 0) is 30.7 Å². The summed E-state index contributed by atoms with van der Waals surface area (Å²) in [7, 11) is -4.55. The third kappa shape index (κ3) is 3.23. The van der Waals surface area contributed by atoms with Crippen molar-refractivity contribution in [3.63, 3.8) is 0 Å². The van der Waals surface area contributed by atoms with E-state index in [4.69, 9.17) is 5.14 Å². The first-order chi connectivity index (χ1) is 11.7. The van der Waals surface area contributed by atoms with Gasteiger partial charge in [0.15, 0.2) is 4.90 Å². The van der Waals surface area contributed by atoms with Gasteiger partial charge in [0, 0.05) is 17.1 Å². The number of pyridine rings is 1. The first-order valence-corrected chi connectivity index (χ1v) is 9.26. The molecule has 2 heterocycles. The number of nitrogens with two attached hydrogens (primary N) is 1. The number of rotatable bonds is 3. The van der Waals surface area contributed by atoms with Gasteiger partial charge in [0.05, 0.1) is 17.6 Å². The molecule has 0 atom stereocenters. The zero-order valence-corrected chi connectivity index (χ0v) is 14.4. The topological polar surface area (TPSA) is 95.1 Å². The Morgan fingerprint density at radius 1 is 1.16 bits per heavy atom. The van der Waals surface area contributed by atoms with Crippen LogP contribution in [0.4, 0.5) is 8.78 Å². The van der Waals surface area contributed by atoms with Gasteiger partial charge in [-0.3, -0.25) is 14.3 Å². The van der Waals surface area contributed by atoms with E-state index in [0.29, 0.717) is 5.69 Å². The van der Waals surface area contributed by atoms with E-state index in [2.05, 4.69) is 4.98 Å². The SMILES string of the molecule is Cc1cncc(-n2c(-c3cc(F)c(S(N)(=O)=O)c(F)c3)csc2=O)c1. The summed E-state index contributed by atoms with van der Waals surface area (Å²) in [4.78, 5) is 14.6. The average Bonchev–Trinajstić information content (AvgIpc) is 2.86. The molecular formula is C15H11F2N3O3S2. The molecule has 0 unspecified atom stereocenters. The number of thiazole rings is 1. The molecule has 1 aromatic carbocycles. The maximum absolute atomic E-state index is 14.1. The molecule has 0 bridgehead atoms. The second-order valence-corrected chi connectivity index (χ2v) is 7.58. The van der Waals surface area contributed by atoms with Crippen LogP contribution in [0, 0.1) is 18.6 Å². The van der Waals surface area contributed by atoms with Crippen LogP contribution in [0.5, 0.6) is 0 Å². The van der Waals surface area contributed by atoms with Crippen LogP contribution in [0.1, 0.15) is 5.56 Å². The molecule has 10 heteroatoms. The zero-order valence-electron chi connectivity index (χ0n) is 12.7. The maximum Gasteiger partial charge on any atom is 0.312 e.